The molecule has 0 aliphatic carbocycles. The molecule has 1 rings (SSSR count). The summed E-state index contributed by atoms with van der Waals surface area (Å²) in [5.74, 6) is 0.500. The third kappa shape index (κ3) is 2.11. The normalized spacial score (nSPS) is 10.7. The first-order valence-corrected chi connectivity index (χ1v) is 3.88. The minimum Gasteiger partial charge on any atom is -0.291 e. The van der Waals surface area contributed by atoms with Gasteiger partial charge in [0, 0.05) is 6.92 Å². The second-order valence-corrected chi connectivity index (χ2v) is 3.12. The molecule has 0 bridgehead atoms. The molecule has 5 nitrogen and oxygen atoms in total. The first-order chi connectivity index (χ1) is 5.59. The molecule has 1 aromatic heterocycles. The van der Waals surface area contributed by atoms with E-state index in [9.17, 15) is 4.79 Å². The van der Waals surface area contributed by atoms with Gasteiger partial charge in [0.25, 0.3) is 0 Å². The van der Waals surface area contributed by atoms with Crippen LogP contribution in [0.3, 0.4) is 0 Å². The van der Waals surface area contributed by atoms with Gasteiger partial charge in [-0.05, 0) is 11.1 Å². The number of hydrogen-bond donors (Lipinski definition) is 0. The number of carbonyl (C=O) groups excluding carboxylic acids is 1. The highest BCUT2D eigenvalue weighted by molar-refractivity contribution is 5.89. The highest BCUT2D eigenvalue weighted by atomic mass is 16.1. The molecule has 0 radical (unpaired) electrons. The van der Waals surface area contributed by atoms with Crippen LogP contribution < -0.4 is 0 Å². The van der Waals surface area contributed by atoms with E-state index in [1.807, 2.05) is 0 Å². The van der Waals surface area contributed by atoms with Crippen LogP contribution in [0.2, 0.25) is 0 Å². The Hall–Kier alpha value is -1.26. The lowest BCUT2D eigenvalue weighted by atomic mass is 10.2. The zero-order chi connectivity index (χ0) is 9.14. The number of nitrogens with zero attached hydrogens (tertiary/aromatic N) is 4. The molecule has 0 saturated heterocycles. The molecule has 1 aromatic rings. The summed E-state index contributed by atoms with van der Waals surface area (Å²) in [5, 5.41) is 11.2. The SMILES string of the molecule is CC(=O)c1nnn(CC(C)C)n1. The molecule has 5 heteroatoms. The van der Waals surface area contributed by atoms with E-state index in [0.717, 1.165) is 0 Å². The zero-order valence-corrected chi connectivity index (χ0v) is 7.48. The van der Waals surface area contributed by atoms with Gasteiger partial charge in [-0.1, -0.05) is 13.8 Å². The lowest BCUT2D eigenvalue weighted by Crippen LogP contribution is -2.08. The summed E-state index contributed by atoms with van der Waals surface area (Å²) in [6.45, 7) is 6.23. The molecule has 66 valence electrons. The lowest BCUT2D eigenvalue weighted by Gasteiger charge is -1.99. The van der Waals surface area contributed by atoms with Gasteiger partial charge in [-0.25, -0.2) is 0 Å². The van der Waals surface area contributed by atoms with Gasteiger partial charge in [0.2, 0.25) is 11.6 Å². The van der Waals surface area contributed by atoms with Crippen molar-refractivity contribution in [2.75, 3.05) is 0 Å². The Morgan fingerprint density at radius 3 is 2.67 bits per heavy atom. The minimum absolute atomic E-state index is 0.148. The summed E-state index contributed by atoms with van der Waals surface area (Å²) in [5.41, 5.74) is 0. The first kappa shape index (κ1) is 8.83. The first-order valence-electron chi connectivity index (χ1n) is 3.88. The largest absolute Gasteiger partial charge is 0.291 e. The molecule has 0 fully saturated rings. The molecule has 0 atom stereocenters. The van der Waals surface area contributed by atoms with Crippen molar-refractivity contribution in [1.82, 2.24) is 20.2 Å². The van der Waals surface area contributed by atoms with Crippen molar-refractivity contribution >= 4 is 5.78 Å². The summed E-state index contributed by atoms with van der Waals surface area (Å²) in [6, 6.07) is 0. The summed E-state index contributed by atoms with van der Waals surface area (Å²) in [6.07, 6.45) is 0. The average molecular weight is 168 g/mol. The Morgan fingerprint density at radius 2 is 2.25 bits per heavy atom. The Labute approximate surface area is 70.8 Å². The van der Waals surface area contributed by atoms with Crippen molar-refractivity contribution in [1.29, 1.82) is 0 Å². The van der Waals surface area contributed by atoms with Crippen LogP contribution in [0.1, 0.15) is 31.4 Å². The van der Waals surface area contributed by atoms with E-state index in [1.54, 1.807) is 0 Å². The van der Waals surface area contributed by atoms with Crippen molar-refractivity contribution in [3.63, 3.8) is 0 Å². The lowest BCUT2D eigenvalue weighted by molar-refractivity contribution is 0.100. The second kappa shape index (κ2) is 3.42. The zero-order valence-electron chi connectivity index (χ0n) is 7.48. The number of Topliss-reactive ketones (excluding diaryl/α,β-unsaturated/α-hetero) is 1. The number of rotatable bonds is 3. The van der Waals surface area contributed by atoms with Gasteiger partial charge in [-0.15, -0.1) is 10.2 Å². The third-order valence-corrected chi connectivity index (χ3v) is 1.30. The van der Waals surface area contributed by atoms with Gasteiger partial charge >= 0.3 is 0 Å². The molecule has 12 heavy (non-hydrogen) atoms. The molecule has 0 saturated carbocycles. The number of tetrazole rings is 1. The van der Waals surface area contributed by atoms with Crippen LogP contribution in [-0.4, -0.2) is 26.0 Å². The van der Waals surface area contributed by atoms with Crippen LogP contribution in [0.25, 0.3) is 0 Å². The second-order valence-electron chi connectivity index (χ2n) is 3.12. The molecule has 1 heterocycles. The number of carbonyl (C=O) groups is 1. The van der Waals surface area contributed by atoms with Crippen LogP contribution in [0, 0.1) is 5.92 Å². The minimum atomic E-state index is -0.148. The Morgan fingerprint density at radius 1 is 1.58 bits per heavy atom. The summed E-state index contributed by atoms with van der Waals surface area (Å²) in [7, 11) is 0. The van der Waals surface area contributed by atoms with Crippen LogP contribution in [-0.2, 0) is 6.54 Å². The average Bonchev–Trinajstić information content (AvgIpc) is 2.34. The standard InChI is InChI=1S/C7H12N4O/c1-5(2)4-11-9-7(6(3)12)8-10-11/h5H,4H2,1-3H3. The maximum Gasteiger partial charge on any atom is 0.240 e. The molecule has 0 aliphatic rings. The van der Waals surface area contributed by atoms with Gasteiger partial charge in [-0.3, -0.25) is 4.79 Å². The molecule has 0 spiro atoms. The van der Waals surface area contributed by atoms with Gasteiger partial charge in [0.15, 0.2) is 0 Å². The highest BCUT2D eigenvalue weighted by Crippen LogP contribution is 1.95. The number of hydrogen-bond acceptors (Lipinski definition) is 4. The fourth-order valence-corrected chi connectivity index (χ4v) is 0.788. The predicted octanol–water partition coefficient (Wildman–Crippen LogP) is 0.532. The van der Waals surface area contributed by atoms with Crippen LogP contribution >= 0.6 is 0 Å². The third-order valence-electron chi connectivity index (χ3n) is 1.30. The van der Waals surface area contributed by atoms with Gasteiger partial charge in [0.05, 0.1) is 6.54 Å². The van der Waals surface area contributed by atoms with Crippen LogP contribution in [0.15, 0.2) is 0 Å². The molecule has 0 aromatic carbocycles. The number of ketones is 1. The smallest absolute Gasteiger partial charge is 0.240 e. The van der Waals surface area contributed by atoms with Crippen molar-refractivity contribution in [3.05, 3.63) is 5.82 Å². The van der Waals surface area contributed by atoms with Gasteiger partial charge in [-0.2, -0.15) is 4.80 Å². The summed E-state index contributed by atoms with van der Waals surface area (Å²) >= 11 is 0. The number of aromatic nitrogens is 4. The molecular formula is C7H12N4O. The van der Waals surface area contributed by atoms with Gasteiger partial charge < -0.3 is 0 Å². The quantitative estimate of drug-likeness (QED) is 0.618. The fourth-order valence-electron chi connectivity index (χ4n) is 0.788. The highest BCUT2D eigenvalue weighted by Gasteiger charge is 2.07. The van der Waals surface area contributed by atoms with E-state index in [2.05, 4.69) is 29.3 Å². The predicted molar refractivity (Wildman–Crippen MR) is 42.7 cm³/mol. The van der Waals surface area contributed by atoms with E-state index in [-0.39, 0.29) is 11.6 Å². The Bertz CT molecular complexity index is 279. The van der Waals surface area contributed by atoms with E-state index in [1.165, 1.54) is 11.7 Å². The molecule has 0 N–H and O–H groups in total. The molecule has 0 amide bonds. The summed E-state index contributed by atoms with van der Waals surface area (Å²) < 4.78 is 0. The Balaban J connectivity index is 2.71. The maximum absolute atomic E-state index is 10.8. The topological polar surface area (TPSA) is 60.7 Å². The molecule has 0 aliphatic heterocycles. The van der Waals surface area contributed by atoms with E-state index in [0.29, 0.717) is 12.5 Å². The van der Waals surface area contributed by atoms with Crippen molar-refractivity contribution in [2.24, 2.45) is 5.92 Å². The van der Waals surface area contributed by atoms with Crippen molar-refractivity contribution in [3.8, 4) is 0 Å². The van der Waals surface area contributed by atoms with Crippen LogP contribution in [0.5, 0.6) is 0 Å². The van der Waals surface area contributed by atoms with E-state index >= 15 is 0 Å². The van der Waals surface area contributed by atoms with Crippen molar-refractivity contribution < 1.29 is 4.79 Å². The summed E-state index contributed by atoms with van der Waals surface area (Å²) in [4.78, 5) is 12.2. The van der Waals surface area contributed by atoms with E-state index in [4.69, 9.17) is 0 Å². The van der Waals surface area contributed by atoms with E-state index < -0.39 is 0 Å². The molecular weight excluding hydrogens is 156 g/mol. The maximum atomic E-state index is 10.8. The molecule has 0 unspecified atom stereocenters. The monoisotopic (exact) mass is 168 g/mol. The Kier molecular flexibility index (Phi) is 2.52. The van der Waals surface area contributed by atoms with Crippen LogP contribution in [0.4, 0.5) is 0 Å². The fraction of sp³-hybridized carbons (Fsp3) is 0.714. The van der Waals surface area contributed by atoms with Gasteiger partial charge in [0.1, 0.15) is 0 Å². The van der Waals surface area contributed by atoms with Crippen molar-refractivity contribution in [2.45, 2.75) is 27.3 Å².